The highest BCUT2D eigenvalue weighted by Gasteiger charge is 2.25. The van der Waals surface area contributed by atoms with Crippen molar-refractivity contribution < 1.29 is 5.11 Å². The zero-order valence-corrected chi connectivity index (χ0v) is 9.88. The van der Waals surface area contributed by atoms with E-state index in [0.29, 0.717) is 0 Å². The van der Waals surface area contributed by atoms with E-state index in [4.69, 9.17) is 0 Å². The molecular formula is C15H14N2O. The molecule has 90 valence electrons. The number of nitrogens with zero attached hydrogens (tertiary/aromatic N) is 1. The summed E-state index contributed by atoms with van der Waals surface area (Å²) < 4.78 is 0. The average molecular weight is 238 g/mol. The van der Waals surface area contributed by atoms with Crippen molar-refractivity contribution in [1.29, 1.82) is 0 Å². The maximum Gasteiger partial charge on any atom is 0.150 e. The number of nitrogens with one attached hydrogen (secondary N) is 1. The van der Waals surface area contributed by atoms with Crippen LogP contribution < -0.4 is 10.2 Å². The Morgan fingerprint density at radius 2 is 1.50 bits per heavy atom. The molecule has 1 aliphatic heterocycles. The predicted octanol–water partition coefficient (Wildman–Crippen LogP) is 3.39. The topological polar surface area (TPSA) is 35.5 Å². The minimum atomic E-state index is -0.741. The van der Waals surface area contributed by atoms with E-state index in [1.165, 1.54) is 6.08 Å². The Hall–Kier alpha value is -2.26. The molecule has 0 saturated carbocycles. The molecular weight excluding hydrogens is 224 g/mol. The van der Waals surface area contributed by atoms with E-state index in [0.717, 1.165) is 22.7 Å². The number of aliphatic hydroxyl groups excluding tert-OH is 1. The van der Waals surface area contributed by atoms with Crippen LogP contribution in [0.2, 0.25) is 0 Å². The molecule has 0 bridgehead atoms. The molecule has 0 aromatic heterocycles. The van der Waals surface area contributed by atoms with Gasteiger partial charge in [-0.25, -0.2) is 0 Å². The van der Waals surface area contributed by atoms with Gasteiger partial charge < -0.3 is 15.3 Å². The summed E-state index contributed by atoms with van der Waals surface area (Å²) in [6, 6.07) is 15.8. The van der Waals surface area contributed by atoms with Gasteiger partial charge in [0, 0.05) is 0 Å². The first-order valence-electron chi connectivity index (χ1n) is 5.86. The summed E-state index contributed by atoms with van der Waals surface area (Å²) in [4.78, 5) is 1.87. The second-order valence-electron chi connectivity index (χ2n) is 4.18. The molecule has 2 N–H and O–H groups in total. The Kier molecular flexibility index (Phi) is 2.54. The van der Waals surface area contributed by atoms with E-state index in [-0.39, 0.29) is 0 Å². The van der Waals surface area contributed by atoms with Gasteiger partial charge in [0.2, 0.25) is 0 Å². The number of rotatable bonds is 2. The highest BCUT2D eigenvalue weighted by Crippen LogP contribution is 2.44. The molecule has 18 heavy (non-hydrogen) atoms. The highest BCUT2D eigenvalue weighted by molar-refractivity contribution is 5.91. The third-order valence-corrected chi connectivity index (χ3v) is 3.07. The molecule has 2 aromatic rings. The molecule has 3 rings (SSSR count). The largest absolute Gasteiger partial charge is 0.370 e. The van der Waals surface area contributed by atoms with Gasteiger partial charge in [0.25, 0.3) is 0 Å². The van der Waals surface area contributed by atoms with Crippen molar-refractivity contribution >= 4 is 22.7 Å². The smallest absolute Gasteiger partial charge is 0.150 e. The van der Waals surface area contributed by atoms with E-state index in [1.54, 1.807) is 0 Å². The van der Waals surface area contributed by atoms with Crippen LogP contribution in [0, 0.1) is 0 Å². The van der Waals surface area contributed by atoms with Crippen molar-refractivity contribution in [3.8, 4) is 0 Å². The van der Waals surface area contributed by atoms with Crippen LogP contribution in [0.1, 0.15) is 0 Å². The summed E-state index contributed by atoms with van der Waals surface area (Å²) in [6.45, 7) is 3.67. The lowest BCUT2D eigenvalue weighted by atomic mass is 10.1. The molecule has 3 nitrogen and oxygen atoms in total. The third kappa shape index (κ3) is 1.57. The molecule has 1 unspecified atom stereocenters. The number of hydrogen-bond acceptors (Lipinski definition) is 3. The monoisotopic (exact) mass is 238 g/mol. The number of fused-ring (bicyclic) bond motifs is 2. The van der Waals surface area contributed by atoms with Crippen LogP contribution in [0.3, 0.4) is 0 Å². The second-order valence-corrected chi connectivity index (χ2v) is 4.18. The van der Waals surface area contributed by atoms with E-state index >= 15 is 0 Å². The summed E-state index contributed by atoms with van der Waals surface area (Å²) in [5, 5.41) is 13.5. The summed E-state index contributed by atoms with van der Waals surface area (Å²) in [5.74, 6) is 0. The van der Waals surface area contributed by atoms with Crippen LogP contribution in [0.4, 0.5) is 22.7 Å². The first kappa shape index (κ1) is 10.9. The normalized spacial score (nSPS) is 14.2. The Bertz CT molecular complexity index is 549. The van der Waals surface area contributed by atoms with Gasteiger partial charge in [-0.05, 0) is 30.3 Å². The summed E-state index contributed by atoms with van der Waals surface area (Å²) in [6.07, 6.45) is 0.785. The van der Waals surface area contributed by atoms with Crippen molar-refractivity contribution in [2.24, 2.45) is 0 Å². The van der Waals surface area contributed by atoms with Crippen molar-refractivity contribution in [3.63, 3.8) is 0 Å². The van der Waals surface area contributed by atoms with Gasteiger partial charge in [-0.3, -0.25) is 0 Å². The fourth-order valence-corrected chi connectivity index (χ4v) is 2.24. The van der Waals surface area contributed by atoms with Crippen LogP contribution >= 0.6 is 0 Å². The van der Waals surface area contributed by atoms with Crippen molar-refractivity contribution in [1.82, 2.24) is 0 Å². The van der Waals surface area contributed by atoms with Gasteiger partial charge in [-0.1, -0.05) is 30.8 Å². The second kappa shape index (κ2) is 4.20. The Morgan fingerprint density at radius 3 is 2.00 bits per heavy atom. The summed E-state index contributed by atoms with van der Waals surface area (Å²) in [5.41, 5.74) is 3.86. The summed E-state index contributed by atoms with van der Waals surface area (Å²) >= 11 is 0. The number of aliphatic hydroxyl groups is 1. The van der Waals surface area contributed by atoms with Crippen LogP contribution in [-0.2, 0) is 0 Å². The Labute approximate surface area is 106 Å². The van der Waals surface area contributed by atoms with Crippen LogP contribution in [0.5, 0.6) is 0 Å². The number of hydrogen-bond donors (Lipinski definition) is 2. The lowest BCUT2D eigenvalue weighted by Crippen LogP contribution is -2.31. The van der Waals surface area contributed by atoms with Gasteiger partial charge >= 0.3 is 0 Å². The van der Waals surface area contributed by atoms with Crippen molar-refractivity contribution in [3.05, 3.63) is 61.2 Å². The number of para-hydroxylation sites is 4. The van der Waals surface area contributed by atoms with Gasteiger partial charge in [-0.15, -0.1) is 0 Å². The summed E-state index contributed by atoms with van der Waals surface area (Å²) in [7, 11) is 0. The quantitative estimate of drug-likeness (QED) is 0.787. The molecule has 0 saturated heterocycles. The lowest BCUT2D eigenvalue weighted by Gasteiger charge is -2.35. The molecule has 1 aliphatic rings. The predicted molar refractivity (Wildman–Crippen MR) is 74.5 cm³/mol. The molecule has 1 atom stereocenters. The SMILES string of the molecule is C=CC(O)N1c2ccccc2Nc2ccccc21. The van der Waals surface area contributed by atoms with Crippen LogP contribution in [0.25, 0.3) is 0 Å². The third-order valence-electron chi connectivity index (χ3n) is 3.07. The molecule has 0 fully saturated rings. The fraction of sp³-hybridized carbons (Fsp3) is 0.0667. The molecule has 0 aliphatic carbocycles. The van der Waals surface area contributed by atoms with E-state index in [1.807, 2.05) is 53.4 Å². The maximum absolute atomic E-state index is 10.2. The Morgan fingerprint density at radius 1 is 1.00 bits per heavy atom. The van der Waals surface area contributed by atoms with Gasteiger partial charge in [0.15, 0.2) is 0 Å². The minimum Gasteiger partial charge on any atom is -0.370 e. The first-order valence-corrected chi connectivity index (χ1v) is 5.86. The molecule has 0 radical (unpaired) electrons. The first-order chi connectivity index (χ1) is 8.81. The number of anilines is 4. The van der Waals surface area contributed by atoms with E-state index < -0.39 is 6.23 Å². The molecule has 2 aromatic carbocycles. The number of benzene rings is 2. The fourth-order valence-electron chi connectivity index (χ4n) is 2.24. The van der Waals surface area contributed by atoms with Crippen molar-refractivity contribution in [2.45, 2.75) is 6.23 Å². The molecule has 3 heteroatoms. The zero-order valence-electron chi connectivity index (χ0n) is 9.88. The lowest BCUT2D eigenvalue weighted by molar-refractivity contribution is 0.230. The standard InChI is InChI=1S/C15H14N2O/c1-2-15(18)17-13-9-5-3-7-11(13)16-12-8-4-6-10-14(12)17/h2-10,15-16,18H,1H2. The van der Waals surface area contributed by atoms with Gasteiger partial charge in [0.1, 0.15) is 6.23 Å². The van der Waals surface area contributed by atoms with Crippen molar-refractivity contribution in [2.75, 3.05) is 10.2 Å². The molecule has 0 amide bonds. The maximum atomic E-state index is 10.2. The molecule has 1 heterocycles. The van der Waals surface area contributed by atoms with Crippen LogP contribution in [0.15, 0.2) is 61.2 Å². The van der Waals surface area contributed by atoms with Crippen LogP contribution in [-0.4, -0.2) is 11.3 Å². The van der Waals surface area contributed by atoms with E-state index in [9.17, 15) is 5.11 Å². The minimum absolute atomic E-state index is 0.741. The highest BCUT2D eigenvalue weighted by atomic mass is 16.3. The van der Waals surface area contributed by atoms with E-state index in [2.05, 4.69) is 11.9 Å². The van der Waals surface area contributed by atoms with Gasteiger partial charge in [-0.2, -0.15) is 0 Å². The van der Waals surface area contributed by atoms with Gasteiger partial charge in [0.05, 0.1) is 22.7 Å². The average Bonchev–Trinajstić information content (AvgIpc) is 2.44. The zero-order chi connectivity index (χ0) is 12.5. The Balaban J connectivity index is 2.20. The molecule has 0 spiro atoms.